The van der Waals surface area contributed by atoms with Gasteiger partial charge in [-0.25, -0.2) is 12.7 Å². The molecule has 0 atom stereocenters. The fraction of sp³-hybridized carbons (Fsp3) is 0.263. The van der Waals surface area contributed by atoms with E-state index in [2.05, 4.69) is 5.32 Å². The second-order valence-electron chi connectivity index (χ2n) is 7.18. The van der Waals surface area contributed by atoms with Gasteiger partial charge in [0, 0.05) is 17.1 Å². The Morgan fingerprint density at radius 2 is 1.79 bits per heavy atom. The van der Waals surface area contributed by atoms with Gasteiger partial charge in [-0.05, 0) is 49.7 Å². The van der Waals surface area contributed by atoms with Gasteiger partial charge >= 0.3 is 0 Å². The summed E-state index contributed by atoms with van der Waals surface area (Å²) in [5, 5.41) is 3.41. The summed E-state index contributed by atoms with van der Waals surface area (Å²) in [6, 6.07) is 11.2. The van der Waals surface area contributed by atoms with Gasteiger partial charge in [0.1, 0.15) is 0 Å². The maximum atomic E-state index is 12.6. The Hall–Kier alpha value is -2.09. The minimum absolute atomic E-state index is 0.0172. The van der Waals surface area contributed by atoms with Gasteiger partial charge in [0.2, 0.25) is 15.9 Å². The fourth-order valence-electron chi connectivity index (χ4n) is 2.94. The molecule has 0 spiro atoms. The number of halogens is 2. The number of anilines is 1. The Morgan fingerprint density at radius 1 is 1.14 bits per heavy atom. The SMILES string of the molecule is CC1(C)CS(=O)(=O)N(c2cc(C(=O)NCc3ccc(Cl)cc3)ccc2Cl)C1=O. The molecule has 148 valence electrons. The van der Waals surface area contributed by atoms with Crippen LogP contribution in [-0.4, -0.2) is 26.0 Å². The van der Waals surface area contributed by atoms with Crippen molar-refractivity contribution in [1.82, 2.24) is 5.32 Å². The number of nitrogens with one attached hydrogen (secondary N) is 1. The van der Waals surface area contributed by atoms with Crippen LogP contribution in [0.15, 0.2) is 42.5 Å². The van der Waals surface area contributed by atoms with Crippen LogP contribution in [0.1, 0.15) is 29.8 Å². The minimum atomic E-state index is -3.87. The molecule has 9 heteroatoms. The van der Waals surface area contributed by atoms with E-state index in [1.807, 2.05) is 0 Å². The van der Waals surface area contributed by atoms with Crippen molar-refractivity contribution < 1.29 is 18.0 Å². The molecule has 2 aromatic carbocycles. The van der Waals surface area contributed by atoms with E-state index in [0.29, 0.717) is 9.33 Å². The van der Waals surface area contributed by atoms with Crippen molar-refractivity contribution in [1.29, 1.82) is 0 Å². The smallest absolute Gasteiger partial charge is 0.251 e. The summed E-state index contributed by atoms with van der Waals surface area (Å²) in [4.78, 5) is 25.1. The highest BCUT2D eigenvalue weighted by Gasteiger charge is 2.50. The summed E-state index contributed by atoms with van der Waals surface area (Å²) >= 11 is 12.0. The molecule has 3 rings (SSSR count). The van der Waals surface area contributed by atoms with E-state index in [1.54, 1.807) is 38.1 Å². The Labute approximate surface area is 173 Å². The zero-order chi connectivity index (χ0) is 20.7. The van der Waals surface area contributed by atoms with Crippen molar-refractivity contribution in [3.05, 3.63) is 63.6 Å². The van der Waals surface area contributed by atoms with Crippen molar-refractivity contribution in [2.45, 2.75) is 20.4 Å². The third-order valence-electron chi connectivity index (χ3n) is 4.38. The third kappa shape index (κ3) is 4.01. The van der Waals surface area contributed by atoms with E-state index >= 15 is 0 Å². The van der Waals surface area contributed by atoms with E-state index < -0.39 is 27.3 Å². The largest absolute Gasteiger partial charge is 0.348 e. The topological polar surface area (TPSA) is 83.6 Å². The number of hydrogen-bond acceptors (Lipinski definition) is 4. The van der Waals surface area contributed by atoms with Crippen molar-refractivity contribution in [3.63, 3.8) is 0 Å². The highest BCUT2D eigenvalue weighted by Crippen LogP contribution is 2.39. The van der Waals surface area contributed by atoms with Gasteiger partial charge in [-0.2, -0.15) is 0 Å². The summed E-state index contributed by atoms with van der Waals surface area (Å²) in [5.74, 6) is -1.31. The highest BCUT2D eigenvalue weighted by atomic mass is 35.5. The van der Waals surface area contributed by atoms with Crippen molar-refractivity contribution in [2.75, 3.05) is 10.1 Å². The molecule has 0 unspecified atom stereocenters. The molecule has 0 aromatic heterocycles. The highest BCUT2D eigenvalue weighted by molar-refractivity contribution is 7.94. The molecule has 0 radical (unpaired) electrons. The average Bonchev–Trinajstić information content (AvgIpc) is 2.78. The maximum absolute atomic E-state index is 12.6. The van der Waals surface area contributed by atoms with E-state index in [1.165, 1.54) is 18.2 Å². The number of nitrogens with zero attached hydrogens (tertiary/aromatic N) is 1. The molecular formula is C19H18Cl2N2O4S. The molecule has 1 heterocycles. The monoisotopic (exact) mass is 440 g/mol. The van der Waals surface area contributed by atoms with E-state index in [-0.39, 0.29) is 28.6 Å². The molecule has 6 nitrogen and oxygen atoms in total. The second kappa shape index (κ2) is 7.39. The Bertz CT molecular complexity index is 1050. The zero-order valence-corrected chi connectivity index (χ0v) is 17.5. The number of sulfonamides is 1. The quantitative estimate of drug-likeness (QED) is 0.786. The molecule has 0 saturated carbocycles. The lowest BCUT2D eigenvalue weighted by atomic mass is 9.95. The van der Waals surface area contributed by atoms with Gasteiger partial charge in [-0.15, -0.1) is 0 Å². The van der Waals surface area contributed by atoms with Crippen LogP contribution >= 0.6 is 23.2 Å². The van der Waals surface area contributed by atoms with Crippen molar-refractivity contribution >= 4 is 50.7 Å². The first-order valence-electron chi connectivity index (χ1n) is 8.41. The zero-order valence-electron chi connectivity index (χ0n) is 15.2. The Morgan fingerprint density at radius 3 is 2.36 bits per heavy atom. The molecule has 0 aliphatic carbocycles. The van der Waals surface area contributed by atoms with Crippen LogP contribution in [0.3, 0.4) is 0 Å². The minimum Gasteiger partial charge on any atom is -0.348 e. The van der Waals surface area contributed by atoms with Gasteiger partial charge in [0.25, 0.3) is 5.91 Å². The Kier molecular flexibility index (Phi) is 5.44. The van der Waals surface area contributed by atoms with Gasteiger partial charge in [0.05, 0.1) is 21.9 Å². The maximum Gasteiger partial charge on any atom is 0.251 e. The number of amides is 2. The predicted molar refractivity (Wildman–Crippen MR) is 109 cm³/mol. The van der Waals surface area contributed by atoms with E-state index in [9.17, 15) is 18.0 Å². The van der Waals surface area contributed by atoms with Gasteiger partial charge < -0.3 is 5.32 Å². The molecule has 1 N–H and O–H groups in total. The van der Waals surface area contributed by atoms with Crippen LogP contribution < -0.4 is 9.62 Å². The molecule has 1 saturated heterocycles. The first kappa shape index (κ1) is 20.6. The normalized spacial score (nSPS) is 17.6. The second-order valence-corrected chi connectivity index (χ2v) is 9.85. The molecule has 2 amide bonds. The summed E-state index contributed by atoms with van der Waals surface area (Å²) in [5.41, 5.74) is -0.0295. The van der Waals surface area contributed by atoms with Crippen LogP contribution in [0.5, 0.6) is 0 Å². The lowest BCUT2D eigenvalue weighted by Crippen LogP contribution is -2.33. The lowest BCUT2D eigenvalue weighted by molar-refractivity contribution is -0.123. The van der Waals surface area contributed by atoms with Crippen LogP contribution in [0, 0.1) is 5.41 Å². The van der Waals surface area contributed by atoms with Crippen molar-refractivity contribution in [2.24, 2.45) is 5.41 Å². The van der Waals surface area contributed by atoms with E-state index in [0.717, 1.165) is 5.56 Å². The summed E-state index contributed by atoms with van der Waals surface area (Å²) in [6.45, 7) is 3.38. The standard InChI is InChI=1S/C19H18Cl2N2O4S/c1-19(2)11-28(26,27)23(18(19)25)16-9-13(5-8-15(16)21)17(24)22-10-12-3-6-14(20)7-4-12/h3-9H,10-11H2,1-2H3,(H,22,24). The fourth-order valence-corrected chi connectivity index (χ4v) is 5.43. The van der Waals surface area contributed by atoms with Crippen LogP contribution in [0.2, 0.25) is 10.0 Å². The van der Waals surface area contributed by atoms with E-state index in [4.69, 9.17) is 23.2 Å². The molecule has 1 aliphatic rings. The van der Waals surface area contributed by atoms with Gasteiger partial charge in [-0.3, -0.25) is 9.59 Å². The molecular weight excluding hydrogens is 423 g/mol. The molecule has 0 bridgehead atoms. The van der Waals surface area contributed by atoms with Crippen molar-refractivity contribution in [3.8, 4) is 0 Å². The number of carbonyl (C=O) groups is 2. The number of rotatable bonds is 4. The van der Waals surface area contributed by atoms with Gasteiger partial charge in [-0.1, -0.05) is 35.3 Å². The van der Waals surface area contributed by atoms with Crippen LogP contribution in [0.25, 0.3) is 0 Å². The molecule has 2 aromatic rings. The average molecular weight is 441 g/mol. The first-order valence-corrected chi connectivity index (χ1v) is 10.8. The number of carbonyl (C=O) groups excluding carboxylic acids is 2. The lowest BCUT2D eigenvalue weighted by Gasteiger charge is -2.19. The number of benzene rings is 2. The molecule has 1 aliphatic heterocycles. The van der Waals surface area contributed by atoms with Gasteiger partial charge in [0.15, 0.2) is 0 Å². The van der Waals surface area contributed by atoms with Crippen LogP contribution in [0.4, 0.5) is 5.69 Å². The summed E-state index contributed by atoms with van der Waals surface area (Å²) in [7, 11) is -3.87. The third-order valence-corrected chi connectivity index (χ3v) is 6.96. The first-order chi connectivity index (χ1) is 13.0. The number of hydrogen-bond donors (Lipinski definition) is 1. The summed E-state index contributed by atoms with van der Waals surface area (Å²) < 4.78 is 25.7. The molecule has 1 fully saturated rings. The Balaban J connectivity index is 1.86. The molecule has 28 heavy (non-hydrogen) atoms. The summed E-state index contributed by atoms with van der Waals surface area (Å²) in [6.07, 6.45) is 0. The van der Waals surface area contributed by atoms with Crippen LogP contribution in [-0.2, 0) is 21.4 Å². The predicted octanol–water partition coefficient (Wildman–Crippen LogP) is 3.63.